The zero-order valence-electron chi connectivity index (χ0n) is 47.3. The van der Waals surface area contributed by atoms with Crippen molar-refractivity contribution in [3.63, 3.8) is 0 Å². The van der Waals surface area contributed by atoms with Gasteiger partial charge in [0.2, 0.25) is 0 Å². The van der Waals surface area contributed by atoms with Gasteiger partial charge < -0.3 is 24.2 Å². The van der Waals surface area contributed by atoms with Crippen molar-refractivity contribution in [2.45, 2.75) is 277 Å². The fourth-order valence-corrected chi connectivity index (χ4v) is 8.83. The highest BCUT2D eigenvalue weighted by molar-refractivity contribution is 7.47. The van der Waals surface area contributed by atoms with Crippen molar-refractivity contribution >= 4 is 25.7 Å². The van der Waals surface area contributed by atoms with Crippen molar-refractivity contribution in [1.82, 2.24) is 0 Å². The summed E-state index contributed by atoms with van der Waals surface area (Å²) in [5.41, 5.74) is 0. The van der Waals surface area contributed by atoms with Gasteiger partial charge in [-0.2, -0.15) is 0 Å². The summed E-state index contributed by atoms with van der Waals surface area (Å²) in [6.45, 7) is 4.49. The Morgan fingerprint density at radius 1 is 0.392 bits per heavy atom. The quantitative estimate of drug-likeness (QED) is 0.0197. The number of allylic oxidation sites excluding steroid dienone is 12. The Bertz CT molecular complexity index is 1520. The molecular formula is C62H109O11P. The Morgan fingerprint density at radius 2 is 0.703 bits per heavy atom. The van der Waals surface area contributed by atoms with Gasteiger partial charge in [0.15, 0.2) is 6.10 Å². The smallest absolute Gasteiger partial charge is 0.462 e. The van der Waals surface area contributed by atoms with Gasteiger partial charge in [0.25, 0.3) is 0 Å². The predicted octanol–water partition coefficient (Wildman–Crippen LogP) is 17.7. The Labute approximate surface area is 452 Å². The Balaban J connectivity index is 4.75. The van der Waals surface area contributed by atoms with Gasteiger partial charge >= 0.3 is 25.7 Å². The number of hydrogen-bond acceptors (Lipinski definition) is 10. The molecule has 0 aromatic rings. The molecule has 0 saturated heterocycles. The van der Waals surface area contributed by atoms with Crippen LogP contribution in [-0.2, 0) is 42.2 Å². The summed E-state index contributed by atoms with van der Waals surface area (Å²) in [6, 6.07) is 0. The van der Waals surface area contributed by atoms with Crippen LogP contribution in [0.15, 0.2) is 72.9 Å². The largest absolute Gasteiger partial charge is 0.472 e. The minimum atomic E-state index is -4.76. The number of unbranched alkanes of at least 4 members (excludes halogenated alkanes) is 26. The average molecular weight is 1060 g/mol. The monoisotopic (exact) mass is 1060 g/mol. The third-order valence-electron chi connectivity index (χ3n) is 12.6. The lowest BCUT2D eigenvalue weighted by atomic mass is 10.1. The van der Waals surface area contributed by atoms with Crippen molar-refractivity contribution in [1.29, 1.82) is 0 Å². The molecule has 0 bridgehead atoms. The van der Waals surface area contributed by atoms with Crippen LogP contribution in [-0.4, -0.2) is 66.5 Å². The van der Waals surface area contributed by atoms with E-state index in [2.05, 4.69) is 93.7 Å². The van der Waals surface area contributed by atoms with Gasteiger partial charge in [0, 0.05) is 19.3 Å². The van der Waals surface area contributed by atoms with Crippen LogP contribution in [0.3, 0.4) is 0 Å². The molecule has 0 aliphatic carbocycles. The van der Waals surface area contributed by atoms with E-state index in [-0.39, 0.29) is 25.9 Å². The van der Waals surface area contributed by atoms with E-state index in [0.717, 1.165) is 141 Å². The number of aliphatic hydroxyl groups excluding tert-OH is 1. The van der Waals surface area contributed by atoms with E-state index in [1.807, 2.05) is 0 Å². The maximum atomic E-state index is 12.9. The van der Waals surface area contributed by atoms with E-state index < -0.39 is 57.8 Å². The van der Waals surface area contributed by atoms with Gasteiger partial charge in [-0.1, -0.05) is 209 Å². The van der Waals surface area contributed by atoms with Gasteiger partial charge in [0.1, 0.15) is 12.7 Å². The standard InChI is InChI=1S/C62H109O11P/c1-4-7-10-13-16-19-22-25-28-29-32-35-38-41-44-47-50-53-62(66)73-59(55-69-60(64)51-48-45-42-39-36-33-30-26-23-20-17-14-11-8-5-2)57-71-74(67,68)70-56-58(54-63)72-61(65)52-49-46-43-40-37-34-31-27-24-21-18-15-12-9-6-3/h7,10,16-17,19-20,25-28,30-31,58-59,63H,4-6,8-9,11-15,18,21-24,29,32-57H2,1-3H3,(H,67,68)/b10-7-,19-16-,20-17-,28-25-,30-26-,31-27-. The maximum Gasteiger partial charge on any atom is 0.472 e. The molecule has 0 radical (unpaired) electrons. The van der Waals surface area contributed by atoms with Crippen molar-refractivity contribution in [2.75, 3.05) is 26.4 Å². The zero-order chi connectivity index (χ0) is 54.1. The number of hydrogen-bond donors (Lipinski definition) is 2. The summed E-state index contributed by atoms with van der Waals surface area (Å²) < 4.78 is 39.6. The van der Waals surface area contributed by atoms with Crippen LogP contribution in [0.4, 0.5) is 0 Å². The molecule has 0 rings (SSSR count). The number of esters is 3. The summed E-state index contributed by atoms with van der Waals surface area (Å²) in [4.78, 5) is 48.6. The molecular weight excluding hydrogens is 952 g/mol. The van der Waals surface area contributed by atoms with E-state index >= 15 is 0 Å². The molecule has 0 aromatic carbocycles. The minimum Gasteiger partial charge on any atom is -0.462 e. The summed E-state index contributed by atoms with van der Waals surface area (Å²) in [7, 11) is -4.76. The van der Waals surface area contributed by atoms with Crippen molar-refractivity contribution in [3.05, 3.63) is 72.9 Å². The van der Waals surface area contributed by atoms with Crippen LogP contribution in [0.25, 0.3) is 0 Å². The van der Waals surface area contributed by atoms with Crippen LogP contribution < -0.4 is 0 Å². The van der Waals surface area contributed by atoms with Crippen LogP contribution in [0.2, 0.25) is 0 Å². The number of ether oxygens (including phenoxy) is 3. The second kappa shape index (κ2) is 56.1. The molecule has 428 valence electrons. The molecule has 2 N–H and O–H groups in total. The van der Waals surface area contributed by atoms with Crippen LogP contribution in [0.1, 0.15) is 265 Å². The maximum absolute atomic E-state index is 12.9. The third-order valence-corrected chi connectivity index (χ3v) is 13.5. The van der Waals surface area contributed by atoms with Gasteiger partial charge in [0.05, 0.1) is 19.8 Å². The summed E-state index contributed by atoms with van der Waals surface area (Å²) in [6.07, 6.45) is 62.8. The molecule has 0 spiro atoms. The predicted molar refractivity (Wildman–Crippen MR) is 307 cm³/mol. The summed E-state index contributed by atoms with van der Waals surface area (Å²) in [5, 5.41) is 9.82. The Hall–Kier alpha value is -3.08. The lowest BCUT2D eigenvalue weighted by molar-refractivity contribution is -0.161. The highest BCUT2D eigenvalue weighted by atomic mass is 31.2. The number of phosphoric acid groups is 1. The SMILES string of the molecule is CC/C=C\C/C=C\C/C=C\CCCCCCCCCC(=O)OC(COC(=O)CCCCCCC/C=C\C/C=C\CCCCC)COP(=O)(O)OCC(CO)OC(=O)CCCCCCC/C=C\CCCCCCCC. The molecule has 0 aliphatic heterocycles. The lowest BCUT2D eigenvalue weighted by Gasteiger charge is -2.21. The zero-order valence-corrected chi connectivity index (χ0v) is 48.2. The number of rotatable bonds is 55. The molecule has 3 atom stereocenters. The molecule has 0 aromatic heterocycles. The number of carbonyl (C=O) groups excluding carboxylic acids is 3. The van der Waals surface area contributed by atoms with Gasteiger partial charge in [-0.15, -0.1) is 0 Å². The van der Waals surface area contributed by atoms with E-state index in [0.29, 0.717) is 19.3 Å². The van der Waals surface area contributed by atoms with Crippen LogP contribution in [0.5, 0.6) is 0 Å². The fraction of sp³-hybridized carbons (Fsp3) is 0.758. The summed E-state index contributed by atoms with van der Waals surface area (Å²) in [5.74, 6) is -1.50. The van der Waals surface area contributed by atoms with Crippen LogP contribution >= 0.6 is 7.82 Å². The van der Waals surface area contributed by atoms with E-state index in [1.165, 1.54) is 64.2 Å². The van der Waals surface area contributed by atoms with Crippen LogP contribution in [0, 0.1) is 0 Å². The first kappa shape index (κ1) is 70.9. The number of phosphoric ester groups is 1. The topological polar surface area (TPSA) is 155 Å². The minimum absolute atomic E-state index is 0.151. The molecule has 3 unspecified atom stereocenters. The third kappa shape index (κ3) is 53.7. The van der Waals surface area contributed by atoms with E-state index in [4.69, 9.17) is 23.3 Å². The Morgan fingerprint density at radius 3 is 1.12 bits per heavy atom. The molecule has 12 heteroatoms. The van der Waals surface area contributed by atoms with Crippen molar-refractivity contribution in [2.24, 2.45) is 0 Å². The number of aliphatic hydroxyl groups is 1. The molecule has 0 amide bonds. The highest BCUT2D eigenvalue weighted by Gasteiger charge is 2.28. The molecule has 0 aliphatic rings. The average Bonchev–Trinajstić information content (AvgIpc) is 3.39. The van der Waals surface area contributed by atoms with Crippen molar-refractivity contribution in [3.8, 4) is 0 Å². The Kier molecular flexibility index (Phi) is 53.8. The fourth-order valence-electron chi connectivity index (χ4n) is 8.04. The van der Waals surface area contributed by atoms with Crippen molar-refractivity contribution < 1.29 is 52.2 Å². The molecule has 74 heavy (non-hydrogen) atoms. The van der Waals surface area contributed by atoms with E-state index in [9.17, 15) is 28.9 Å². The number of carbonyl (C=O) groups is 3. The molecule has 11 nitrogen and oxygen atoms in total. The van der Waals surface area contributed by atoms with Gasteiger partial charge in [-0.05, 0) is 109 Å². The normalized spacial score (nSPS) is 13.9. The van der Waals surface area contributed by atoms with E-state index in [1.54, 1.807) is 0 Å². The highest BCUT2D eigenvalue weighted by Crippen LogP contribution is 2.43. The van der Waals surface area contributed by atoms with Gasteiger partial charge in [-0.25, -0.2) is 4.57 Å². The molecule has 0 fully saturated rings. The molecule has 0 saturated carbocycles. The first-order valence-electron chi connectivity index (χ1n) is 29.8. The second-order valence-corrected chi connectivity index (χ2v) is 21.2. The first-order chi connectivity index (χ1) is 36.2. The molecule has 0 heterocycles. The van der Waals surface area contributed by atoms with Gasteiger partial charge in [-0.3, -0.25) is 23.4 Å². The lowest BCUT2D eigenvalue weighted by Crippen LogP contribution is -2.30. The second-order valence-electron chi connectivity index (χ2n) is 19.8. The summed E-state index contributed by atoms with van der Waals surface area (Å²) >= 11 is 0. The first-order valence-corrected chi connectivity index (χ1v) is 31.3.